The first-order valence-corrected chi connectivity index (χ1v) is 13.0. The zero-order valence-electron chi connectivity index (χ0n) is 18.0. The molecule has 0 saturated heterocycles. The summed E-state index contributed by atoms with van der Waals surface area (Å²) in [7, 11) is -0.251. The molecule has 0 bridgehead atoms. The monoisotopic (exact) mass is 392 g/mol. The average molecular weight is 393 g/mol. The van der Waals surface area contributed by atoms with Crippen LogP contribution in [0.25, 0.3) is 6.08 Å². The Morgan fingerprint density at radius 3 is 2.43 bits per heavy atom. The van der Waals surface area contributed by atoms with Crippen LogP contribution in [-0.2, 0) is 10.2 Å². The second-order valence-electron chi connectivity index (χ2n) is 9.07. The highest BCUT2D eigenvalue weighted by atomic mass is 28.3. The topological polar surface area (TPSA) is 18.5 Å². The average Bonchev–Trinajstić information content (AvgIpc) is 3.04. The first kappa shape index (κ1) is 20.5. The van der Waals surface area contributed by atoms with Gasteiger partial charge in [-0.1, -0.05) is 89.0 Å². The van der Waals surface area contributed by atoms with Gasteiger partial charge in [0.15, 0.2) is 0 Å². The third-order valence-electron chi connectivity index (χ3n) is 5.71. The van der Waals surface area contributed by atoms with Gasteiger partial charge < -0.3 is 9.47 Å². The van der Waals surface area contributed by atoms with E-state index in [0.29, 0.717) is 6.61 Å². The summed E-state index contributed by atoms with van der Waals surface area (Å²) in [6.07, 6.45) is 4.02. The summed E-state index contributed by atoms with van der Waals surface area (Å²) in [5, 5.41) is 1.34. The molecule has 3 heteroatoms. The third-order valence-corrected chi connectivity index (χ3v) is 9.53. The normalized spacial score (nSPS) is 16.4. The SMILES string of the molecule is C=CCOc1c(C(C)(C)C)cccc1[Si](C)(C)C1C(OC)=Cc2ccccc21. The van der Waals surface area contributed by atoms with Crippen LogP contribution in [0.4, 0.5) is 0 Å². The van der Waals surface area contributed by atoms with Gasteiger partial charge in [0.2, 0.25) is 0 Å². The van der Waals surface area contributed by atoms with Crippen molar-refractivity contribution in [1.29, 1.82) is 0 Å². The van der Waals surface area contributed by atoms with Gasteiger partial charge in [-0.3, -0.25) is 0 Å². The van der Waals surface area contributed by atoms with Crippen LogP contribution in [0.5, 0.6) is 5.75 Å². The fraction of sp³-hybridized carbons (Fsp3) is 0.360. The minimum atomic E-state index is -2.04. The van der Waals surface area contributed by atoms with E-state index >= 15 is 0 Å². The highest BCUT2D eigenvalue weighted by Crippen LogP contribution is 2.44. The predicted molar refractivity (Wildman–Crippen MR) is 122 cm³/mol. The van der Waals surface area contributed by atoms with Crippen LogP contribution in [0.15, 0.2) is 60.9 Å². The van der Waals surface area contributed by atoms with Gasteiger partial charge in [0, 0.05) is 5.54 Å². The first-order valence-electron chi connectivity index (χ1n) is 9.94. The predicted octanol–water partition coefficient (Wildman–Crippen LogP) is 5.79. The molecule has 28 heavy (non-hydrogen) atoms. The largest absolute Gasteiger partial charge is 0.501 e. The molecule has 0 N–H and O–H groups in total. The van der Waals surface area contributed by atoms with Crippen molar-refractivity contribution in [3.8, 4) is 5.75 Å². The molecular formula is C25H32O2Si. The van der Waals surface area contributed by atoms with Crippen LogP contribution in [0.3, 0.4) is 0 Å². The molecule has 3 rings (SSSR count). The Balaban J connectivity index is 2.19. The maximum absolute atomic E-state index is 6.30. The zero-order chi connectivity index (χ0) is 20.5. The molecular weight excluding hydrogens is 360 g/mol. The Labute approximate surface area is 170 Å². The van der Waals surface area contributed by atoms with Crippen LogP contribution in [0.2, 0.25) is 13.1 Å². The number of rotatable bonds is 6. The van der Waals surface area contributed by atoms with Crippen LogP contribution >= 0.6 is 0 Å². The number of hydrogen-bond acceptors (Lipinski definition) is 2. The fourth-order valence-corrected chi connectivity index (χ4v) is 7.89. The smallest absolute Gasteiger partial charge is 0.122 e. The number of hydrogen-bond donors (Lipinski definition) is 0. The molecule has 2 aromatic carbocycles. The fourth-order valence-electron chi connectivity index (χ4n) is 4.30. The second-order valence-corrected chi connectivity index (χ2v) is 13.6. The summed E-state index contributed by atoms with van der Waals surface area (Å²) in [6.45, 7) is 15.9. The van der Waals surface area contributed by atoms with Crippen molar-refractivity contribution >= 4 is 19.3 Å². The van der Waals surface area contributed by atoms with Crippen molar-refractivity contribution in [2.24, 2.45) is 0 Å². The summed E-state index contributed by atoms with van der Waals surface area (Å²) in [5.74, 6) is 2.10. The minimum absolute atomic E-state index is 0.00447. The van der Waals surface area contributed by atoms with Crippen molar-refractivity contribution in [3.63, 3.8) is 0 Å². The Kier molecular flexibility index (Phi) is 5.58. The Bertz CT molecular complexity index is 903. The van der Waals surface area contributed by atoms with E-state index in [9.17, 15) is 0 Å². The van der Waals surface area contributed by atoms with E-state index in [1.54, 1.807) is 7.11 Å². The van der Waals surface area contributed by atoms with Gasteiger partial charge in [-0.05, 0) is 33.4 Å². The molecule has 2 aromatic rings. The van der Waals surface area contributed by atoms with Crippen LogP contribution < -0.4 is 9.92 Å². The Hall–Kier alpha value is -2.26. The highest BCUT2D eigenvalue weighted by molar-refractivity contribution is 6.92. The van der Waals surface area contributed by atoms with E-state index in [2.05, 4.69) is 89.0 Å². The Morgan fingerprint density at radius 2 is 1.79 bits per heavy atom. The van der Waals surface area contributed by atoms with E-state index in [4.69, 9.17) is 9.47 Å². The molecule has 1 aliphatic carbocycles. The molecule has 0 amide bonds. The summed E-state index contributed by atoms with van der Waals surface area (Å²) in [6, 6.07) is 15.3. The van der Waals surface area contributed by atoms with Gasteiger partial charge in [-0.25, -0.2) is 0 Å². The lowest BCUT2D eigenvalue weighted by Gasteiger charge is -2.35. The van der Waals surface area contributed by atoms with Gasteiger partial charge in [0.05, 0.1) is 7.11 Å². The maximum atomic E-state index is 6.30. The quantitative estimate of drug-likeness (QED) is 0.458. The van der Waals surface area contributed by atoms with Crippen molar-refractivity contribution in [2.45, 2.75) is 44.8 Å². The van der Waals surface area contributed by atoms with Gasteiger partial charge in [0.25, 0.3) is 0 Å². The summed E-state index contributed by atoms with van der Waals surface area (Å²) in [4.78, 5) is 0. The van der Waals surface area contributed by atoms with E-state index in [-0.39, 0.29) is 11.0 Å². The number of ether oxygens (including phenoxy) is 2. The maximum Gasteiger partial charge on any atom is 0.122 e. The first-order chi connectivity index (χ1) is 13.2. The van der Waals surface area contributed by atoms with Crippen molar-refractivity contribution in [3.05, 3.63) is 77.6 Å². The van der Waals surface area contributed by atoms with Crippen LogP contribution in [0.1, 0.15) is 43.0 Å². The van der Waals surface area contributed by atoms with E-state index < -0.39 is 8.07 Å². The Morgan fingerprint density at radius 1 is 1.07 bits per heavy atom. The van der Waals surface area contributed by atoms with Crippen molar-refractivity contribution in [2.75, 3.05) is 13.7 Å². The molecule has 0 spiro atoms. The molecule has 0 aliphatic heterocycles. The van der Waals surface area contributed by atoms with E-state index in [1.165, 1.54) is 21.9 Å². The molecule has 2 nitrogen and oxygen atoms in total. The molecule has 0 saturated carbocycles. The molecule has 0 aromatic heterocycles. The molecule has 0 heterocycles. The summed E-state index contributed by atoms with van der Waals surface area (Å²) in [5.41, 5.74) is 4.17. The lowest BCUT2D eigenvalue weighted by atomic mass is 9.86. The summed E-state index contributed by atoms with van der Waals surface area (Å²) < 4.78 is 12.2. The highest BCUT2D eigenvalue weighted by Gasteiger charge is 2.44. The lowest BCUT2D eigenvalue weighted by molar-refractivity contribution is 0.285. The number of methoxy groups -OCH3 is 1. The molecule has 0 radical (unpaired) electrons. The number of fused-ring (bicyclic) bond motifs is 1. The molecule has 1 atom stereocenters. The number of allylic oxidation sites excluding steroid dienone is 1. The van der Waals surface area contributed by atoms with Crippen molar-refractivity contribution < 1.29 is 9.47 Å². The molecule has 1 unspecified atom stereocenters. The van der Waals surface area contributed by atoms with E-state index in [0.717, 1.165) is 11.5 Å². The van der Waals surface area contributed by atoms with Gasteiger partial charge >= 0.3 is 0 Å². The lowest BCUT2D eigenvalue weighted by Crippen LogP contribution is -2.49. The number of para-hydroxylation sites is 1. The van der Waals surface area contributed by atoms with Crippen LogP contribution in [0, 0.1) is 0 Å². The van der Waals surface area contributed by atoms with Gasteiger partial charge in [0.1, 0.15) is 26.2 Å². The molecule has 1 aliphatic rings. The molecule has 148 valence electrons. The van der Waals surface area contributed by atoms with E-state index in [1.807, 2.05) is 6.08 Å². The second kappa shape index (κ2) is 7.63. The zero-order valence-corrected chi connectivity index (χ0v) is 19.0. The van der Waals surface area contributed by atoms with Crippen molar-refractivity contribution in [1.82, 2.24) is 0 Å². The standard InChI is InChI=1S/C25H32O2Si/c1-8-16-27-23-20(25(2,3)4)14-11-15-22(23)28(6,7)24-19-13-10-9-12-18(19)17-21(24)26-5/h8-15,17,24H,1,16H2,2-7H3. The number of benzene rings is 2. The van der Waals surface area contributed by atoms with Crippen LogP contribution in [-0.4, -0.2) is 21.8 Å². The minimum Gasteiger partial charge on any atom is -0.501 e. The third kappa shape index (κ3) is 3.56. The summed E-state index contributed by atoms with van der Waals surface area (Å²) >= 11 is 0. The molecule has 0 fully saturated rings. The van der Waals surface area contributed by atoms with Gasteiger partial charge in [-0.2, -0.15) is 0 Å². The van der Waals surface area contributed by atoms with Gasteiger partial charge in [-0.15, -0.1) is 0 Å².